The molecule has 4 saturated heterocycles. The Morgan fingerprint density at radius 2 is 1.84 bits per heavy atom. The van der Waals surface area contributed by atoms with Crippen LogP contribution in [0.5, 0.6) is 11.5 Å². The Kier molecular flexibility index (Phi) is 10.8. The first kappa shape index (κ1) is 42.1. The van der Waals surface area contributed by atoms with Crippen LogP contribution >= 0.6 is 0 Å². The van der Waals surface area contributed by atoms with Crippen molar-refractivity contribution in [2.24, 2.45) is 13.0 Å². The molecule has 1 spiro atoms. The molecular formula is C42H45F2N11O7S. The van der Waals surface area contributed by atoms with Gasteiger partial charge in [0.1, 0.15) is 23.2 Å². The highest BCUT2D eigenvalue weighted by Gasteiger charge is 2.44. The van der Waals surface area contributed by atoms with Gasteiger partial charge in [0.05, 0.1) is 52.4 Å². The zero-order chi connectivity index (χ0) is 44.4. The topological polar surface area (TPSA) is 200 Å². The quantitative estimate of drug-likeness (QED) is 0.192. The SMILES string of the molecule is CCN(C)S(=O)(=O)Nc1ccc(F)c(Oc2ccc3ncn(C4COC5(CCN(CC6CN(c7cc8c(cc7F)c(N7CCC(=O)NC7=O)nn8C)C6)CC5)C4)c(=O)c3c2)c1C#N. The fourth-order valence-electron chi connectivity index (χ4n) is 8.99. The van der Waals surface area contributed by atoms with Crippen molar-refractivity contribution in [3.8, 4) is 17.6 Å². The van der Waals surface area contributed by atoms with Crippen LogP contribution in [-0.4, -0.2) is 114 Å². The summed E-state index contributed by atoms with van der Waals surface area (Å²) in [5, 5.41) is 17.4. The van der Waals surface area contributed by atoms with Gasteiger partial charge >= 0.3 is 16.2 Å². The molecule has 330 valence electrons. The number of hydrogen-bond donors (Lipinski definition) is 2. The number of imide groups is 1. The lowest BCUT2D eigenvalue weighted by atomic mass is 9.86. The molecule has 1 unspecified atom stereocenters. The first-order chi connectivity index (χ1) is 30.2. The second-order valence-corrected chi connectivity index (χ2v) is 18.4. The molecule has 5 aromatic rings. The lowest BCUT2D eigenvalue weighted by Gasteiger charge is -2.45. The second kappa shape index (κ2) is 16.2. The highest BCUT2D eigenvalue weighted by Crippen LogP contribution is 2.42. The summed E-state index contributed by atoms with van der Waals surface area (Å²) in [4.78, 5) is 48.4. The van der Waals surface area contributed by atoms with Crippen LogP contribution in [0.15, 0.2) is 53.6 Å². The number of benzene rings is 3. The van der Waals surface area contributed by atoms with E-state index in [1.807, 2.05) is 11.0 Å². The minimum Gasteiger partial charge on any atom is -0.453 e. The number of carbonyl (C=O) groups excluding carboxylic acids is 2. The number of piperidine rings is 1. The molecular weight excluding hydrogens is 841 g/mol. The van der Waals surface area contributed by atoms with Gasteiger partial charge in [0.15, 0.2) is 17.4 Å². The Morgan fingerprint density at radius 3 is 2.57 bits per heavy atom. The molecule has 3 amide bonds. The summed E-state index contributed by atoms with van der Waals surface area (Å²) in [6.07, 6.45) is 3.83. The Balaban J connectivity index is 0.820. The Hall–Kier alpha value is -6.21. The van der Waals surface area contributed by atoms with Crippen molar-refractivity contribution in [1.82, 2.24) is 33.9 Å². The van der Waals surface area contributed by atoms with E-state index < -0.39 is 39.2 Å². The molecule has 0 bridgehead atoms. The number of ether oxygens (including phenoxy) is 2. The number of nitriles is 1. The Bertz CT molecular complexity index is 2890. The largest absolute Gasteiger partial charge is 0.453 e. The molecule has 4 aliphatic rings. The molecule has 18 nitrogen and oxygen atoms in total. The van der Waals surface area contributed by atoms with Crippen LogP contribution in [0.25, 0.3) is 21.8 Å². The van der Waals surface area contributed by atoms with Gasteiger partial charge in [-0.1, -0.05) is 6.92 Å². The molecule has 0 aliphatic carbocycles. The molecule has 63 heavy (non-hydrogen) atoms. The fraction of sp³-hybridized carbons (Fsp3) is 0.429. The number of anilines is 3. The van der Waals surface area contributed by atoms with E-state index in [1.54, 1.807) is 35.4 Å². The molecule has 4 fully saturated rings. The summed E-state index contributed by atoms with van der Waals surface area (Å²) in [6.45, 7) is 6.14. The number of carbonyl (C=O) groups is 2. The van der Waals surface area contributed by atoms with E-state index in [1.165, 1.54) is 36.5 Å². The number of rotatable bonds is 11. The summed E-state index contributed by atoms with van der Waals surface area (Å²) >= 11 is 0. The van der Waals surface area contributed by atoms with E-state index in [9.17, 15) is 28.1 Å². The Labute approximate surface area is 360 Å². The summed E-state index contributed by atoms with van der Waals surface area (Å²) in [5.41, 5.74) is 0.293. The van der Waals surface area contributed by atoms with Gasteiger partial charge in [0, 0.05) is 77.6 Å². The van der Waals surface area contributed by atoms with Crippen LogP contribution in [0.3, 0.4) is 0 Å². The van der Waals surface area contributed by atoms with Crippen LogP contribution in [0.4, 0.5) is 30.8 Å². The van der Waals surface area contributed by atoms with E-state index in [0.717, 1.165) is 48.9 Å². The summed E-state index contributed by atoms with van der Waals surface area (Å²) in [6, 6.07) is 10.8. The lowest BCUT2D eigenvalue weighted by Crippen LogP contribution is -2.54. The number of nitrogens with one attached hydrogen (secondary N) is 2. The standard InChI is InChI=1S/C42H45F2N11O7S/c1-4-50(2)63(59,60)49-34-8-6-31(43)38(30(34)19-45)62-27-5-7-33-28(15-27)40(57)55(24-46-33)26-18-42(61-23-26)10-13-52(14-11-42)20-25-21-53(22-25)36-17-35-29(16-32(36)44)39(48-51(35)3)54-12-9-37(56)47-41(54)58/h5-8,15-17,24-26,49H,4,9-14,18,20-23H2,1-3H3,(H,47,56,58). The number of likely N-dealkylation sites (tertiary alicyclic amines) is 1. The minimum absolute atomic E-state index is 0.0555. The van der Waals surface area contributed by atoms with Gasteiger partial charge in [-0.2, -0.15) is 23.1 Å². The van der Waals surface area contributed by atoms with Crippen molar-refractivity contribution in [1.29, 1.82) is 5.26 Å². The van der Waals surface area contributed by atoms with Crippen molar-refractivity contribution in [2.45, 2.75) is 44.2 Å². The molecule has 2 aromatic heterocycles. The number of fused-ring (bicyclic) bond motifs is 2. The van der Waals surface area contributed by atoms with E-state index in [2.05, 4.69) is 25.0 Å². The predicted molar refractivity (Wildman–Crippen MR) is 228 cm³/mol. The molecule has 6 heterocycles. The van der Waals surface area contributed by atoms with Crippen molar-refractivity contribution in [3.05, 3.63) is 76.3 Å². The molecule has 0 saturated carbocycles. The number of aryl methyl sites for hydroxylation is 1. The van der Waals surface area contributed by atoms with Crippen molar-refractivity contribution in [2.75, 3.05) is 74.0 Å². The number of urea groups is 1. The van der Waals surface area contributed by atoms with Gasteiger partial charge < -0.3 is 19.3 Å². The molecule has 9 rings (SSSR count). The third-order valence-corrected chi connectivity index (χ3v) is 14.2. The van der Waals surface area contributed by atoms with Gasteiger partial charge in [-0.3, -0.25) is 33.8 Å². The summed E-state index contributed by atoms with van der Waals surface area (Å²) in [5.74, 6) is -1.44. The zero-order valence-corrected chi connectivity index (χ0v) is 35.6. The van der Waals surface area contributed by atoms with E-state index in [-0.39, 0.29) is 59.4 Å². The maximum absolute atomic E-state index is 15.6. The zero-order valence-electron chi connectivity index (χ0n) is 34.8. The van der Waals surface area contributed by atoms with E-state index in [0.29, 0.717) is 60.0 Å². The molecule has 4 aliphatic heterocycles. The third-order valence-electron chi connectivity index (χ3n) is 12.7. The van der Waals surface area contributed by atoms with Gasteiger partial charge in [0.2, 0.25) is 5.91 Å². The van der Waals surface area contributed by atoms with Gasteiger partial charge in [-0.05, 0) is 61.7 Å². The van der Waals surface area contributed by atoms with Gasteiger partial charge in [0.25, 0.3) is 5.56 Å². The number of nitrogens with zero attached hydrogens (tertiary/aromatic N) is 9. The second-order valence-electron chi connectivity index (χ2n) is 16.6. The summed E-state index contributed by atoms with van der Waals surface area (Å²) in [7, 11) is -0.920. The van der Waals surface area contributed by atoms with Gasteiger partial charge in [-0.15, -0.1) is 0 Å². The van der Waals surface area contributed by atoms with Crippen LogP contribution in [0.1, 0.15) is 44.2 Å². The number of aromatic nitrogens is 4. The lowest BCUT2D eigenvalue weighted by molar-refractivity contribution is -0.120. The highest BCUT2D eigenvalue weighted by molar-refractivity contribution is 7.90. The normalized spacial score (nSPS) is 19.5. The van der Waals surface area contributed by atoms with Crippen LogP contribution in [-0.2, 0) is 26.8 Å². The van der Waals surface area contributed by atoms with Gasteiger partial charge in [-0.25, -0.2) is 18.6 Å². The smallest absolute Gasteiger partial charge is 0.329 e. The van der Waals surface area contributed by atoms with E-state index in [4.69, 9.17) is 9.47 Å². The molecule has 21 heteroatoms. The average molecular weight is 886 g/mol. The van der Waals surface area contributed by atoms with Crippen LogP contribution in [0, 0.1) is 28.9 Å². The first-order valence-electron chi connectivity index (χ1n) is 20.7. The van der Waals surface area contributed by atoms with Crippen molar-refractivity contribution >= 4 is 61.1 Å². The van der Waals surface area contributed by atoms with Crippen molar-refractivity contribution in [3.63, 3.8) is 0 Å². The number of hydrogen-bond acceptors (Lipinski definition) is 12. The molecule has 1 atom stereocenters. The third kappa shape index (κ3) is 7.81. The monoisotopic (exact) mass is 885 g/mol. The Morgan fingerprint density at radius 1 is 1.06 bits per heavy atom. The maximum atomic E-state index is 15.6. The van der Waals surface area contributed by atoms with Crippen LogP contribution in [0.2, 0.25) is 0 Å². The fourth-order valence-corrected chi connectivity index (χ4v) is 9.93. The molecule has 2 N–H and O–H groups in total. The first-order valence-corrected chi connectivity index (χ1v) is 22.1. The number of halogens is 2. The highest BCUT2D eigenvalue weighted by atomic mass is 32.2. The van der Waals surface area contributed by atoms with E-state index >= 15 is 8.78 Å². The predicted octanol–water partition coefficient (Wildman–Crippen LogP) is 4.21. The van der Waals surface area contributed by atoms with Crippen LogP contribution < -0.4 is 30.1 Å². The summed E-state index contributed by atoms with van der Waals surface area (Å²) < 4.78 is 74.8. The minimum atomic E-state index is -4.02. The average Bonchev–Trinajstić information content (AvgIpc) is 3.80. The molecule has 3 aromatic carbocycles. The molecule has 0 radical (unpaired) electrons. The number of amides is 3. The van der Waals surface area contributed by atoms with Crippen molar-refractivity contribution < 1.29 is 36.3 Å². The maximum Gasteiger partial charge on any atom is 0.329 e.